The normalized spacial score (nSPS) is 15.1. The quantitative estimate of drug-likeness (QED) is 0.0169. The molecule has 0 aliphatic carbocycles. The highest BCUT2D eigenvalue weighted by molar-refractivity contribution is 7.47. The van der Waals surface area contributed by atoms with E-state index in [0.717, 1.165) is 122 Å². The highest BCUT2D eigenvalue weighted by atomic mass is 31.2. The van der Waals surface area contributed by atoms with E-state index in [1.165, 1.54) is 19.3 Å². The molecule has 17 nitrogen and oxygen atoms in total. The molecule has 116 heavy (non-hydrogen) atoms. The van der Waals surface area contributed by atoms with Crippen LogP contribution in [0.2, 0.25) is 0 Å². The lowest BCUT2D eigenvalue weighted by Crippen LogP contribution is -2.30. The lowest BCUT2D eigenvalue weighted by Gasteiger charge is -2.21. The smallest absolute Gasteiger partial charge is 0.462 e. The number of hydrogen-bond acceptors (Lipinski definition) is 15. The maximum Gasteiger partial charge on any atom is 0.472 e. The van der Waals surface area contributed by atoms with Gasteiger partial charge in [0.05, 0.1) is 26.4 Å². The van der Waals surface area contributed by atoms with Gasteiger partial charge in [0, 0.05) is 25.7 Å². The summed E-state index contributed by atoms with van der Waals surface area (Å²) in [5, 5.41) is 10.7. The molecule has 0 heterocycles. The number of esters is 4. The summed E-state index contributed by atoms with van der Waals surface area (Å²) in [6.07, 6.45) is 117. The maximum absolute atomic E-state index is 13.1. The molecular formula is C97H144O17P2. The molecule has 0 aliphatic heterocycles. The fourth-order valence-electron chi connectivity index (χ4n) is 9.63. The zero-order valence-corrected chi connectivity index (χ0v) is 72.3. The molecule has 644 valence electrons. The summed E-state index contributed by atoms with van der Waals surface area (Å²) >= 11 is 0. The van der Waals surface area contributed by atoms with Gasteiger partial charge in [-0.25, -0.2) is 9.13 Å². The molecule has 0 radical (unpaired) electrons. The summed E-state index contributed by atoms with van der Waals surface area (Å²) in [6.45, 7) is 4.10. The van der Waals surface area contributed by atoms with Gasteiger partial charge in [0.25, 0.3) is 0 Å². The van der Waals surface area contributed by atoms with Gasteiger partial charge in [-0.3, -0.25) is 37.3 Å². The first-order chi connectivity index (χ1) is 56.7. The molecule has 0 bridgehead atoms. The molecule has 0 aromatic rings. The molecule has 0 aromatic heterocycles. The molecule has 0 amide bonds. The van der Waals surface area contributed by atoms with Gasteiger partial charge >= 0.3 is 39.5 Å². The van der Waals surface area contributed by atoms with E-state index in [4.69, 9.17) is 37.0 Å². The van der Waals surface area contributed by atoms with E-state index in [0.29, 0.717) is 51.4 Å². The fourth-order valence-corrected chi connectivity index (χ4v) is 11.2. The molecule has 3 N–H and O–H groups in total. The minimum atomic E-state index is -5.05. The Morgan fingerprint density at radius 1 is 0.250 bits per heavy atom. The third-order valence-electron chi connectivity index (χ3n) is 15.9. The average Bonchev–Trinajstić information content (AvgIpc) is 0.898. The van der Waals surface area contributed by atoms with Crippen molar-refractivity contribution in [2.75, 3.05) is 39.6 Å². The SMILES string of the molecule is CC/C=C\C/C=C\C/C=C\C/C=C\C/C=C\C/C=C\CCC(=O)OC[C@H](COP(=O)(O)OC[C@@H](O)COP(=O)(O)OC[C@@H](COC(=O)CC/C=C\C/C=C\C/C=C\C/C=C\C/C=C\C/C=C\CC)OC(=O)CC/C=C\C/C=C\C/C=C\C/C=C\C/C=C\CCCCC)OC(=O)CC/C=C\C/C=C\C/C=C\C/C=C\C/C=C\C/C=C\CC. The Kier molecular flexibility index (Phi) is 79.2. The standard InChI is InChI=1S/C97H144O17P2/c1-5-9-13-17-21-25-29-33-37-41-45-49-53-57-61-65-69-73-77-81-94(99)107-87-92(113-96(101)83-79-75-71-67-63-59-55-51-47-43-39-35-31-27-23-19-15-11-7-3)89-111-115(103,104)109-85-91(98)86-110-116(105,106)112-90-93(114-97(102)84-80-76-72-68-64-60-56-52-48-44-40-36-32-28-24-20-16-12-8-4)88-108-95(100)82-78-74-70-66-62-58-54-50-46-42-38-34-30-26-22-18-14-10-6-2/h9-11,13-15,21-28,33-40,45-52,57-64,69-76,91-93,98H,5-8,12,16-20,29-32,41-44,53-56,65-68,77-90H2,1-4H3,(H,103,104)(H,105,106)/b13-9-,14-10-,15-11-,25-21-,26-22-,27-23-,28-24-,37-33-,38-34-,39-35-,40-36-,49-45-,50-46-,51-47-,52-48-,61-57-,62-58-,63-59-,64-60-,73-69-,74-70-,75-71-,76-72-/t91-,92-,93-/m1/s1. The minimum Gasteiger partial charge on any atom is -0.462 e. The van der Waals surface area contributed by atoms with Crippen LogP contribution in [-0.2, 0) is 65.4 Å². The van der Waals surface area contributed by atoms with E-state index in [2.05, 4.69) is 234 Å². The number of carbonyl (C=O) groups is 4. The van der Waals surface area contributed by atoms with E-state index in [-0.39, 0.29) is 25.7 Å². The van der Waals surface area contributed by atoms with E-state index < -0.39 is 97.5 Å². The first kappa shape index (κ1) is 108. The Morgan fingerprint density at radius 2 is 0.440 bits per heavy atom. The molecule has 0 saturated heterocycles. The van der Waals surface area contributed by atoms with Crippen molar-refractivity contribution in [3.63, 3.8) is 0 Å². The largest absolute Gasteiger partial charge is 0.472 e. The molecule has 0 aromatic carbocycles. The number of aliphatic hydroxyl groups excluding tert-OH is 1. The molecule has 2 unspecified atom stereocenters. The van der Waals surface area contributed by atoms with Crippen molar-refractivity contribution >= 4 is 39.5 Å². The lowest BCUT2D eigenvalue weighted by atomic mass is 10.2. The van der Waals surface area contributed by atoms with Crippen LogP contribution in [0.15, 0.2) is 279 Å². The van der Waals surface area contributed by atoms with Crippen molar-refractivity contribution in [1.29, 1.82) is 0 Å². The number of phosphoric acid groups is 2. The number of hydrogen-bond donors (Lipinski definition) is 3. The monoisotopic (exact) mass is 1640 g/mol. The number of carbonyl (C=O) groups excluding carboxylic acids is 4. The van der Waals surface area contributed by atoms with Gasteiger partial charge in [0.2, 0.25) is 0 Å². The molecular weight excluding hydrogens is 1500 g/mol. The lowest BCUT2D eigenvalue weighted by molar-refractivity contribution is -0.161. The third kappa shape index (κ3) is 84.0. The fraction of sp³-hybridized carbons (Fsp3) is 0.485. The molecule has 0 rings (SSSR count). The predicted molar refractivity (Wildman–Crippen MR) is 481 cm³/mol. The first-order valence-electron chi connectivity index (χ1n) is 42.2. The van der Waals surface area contributed by atoms with Crippen molar-refractivity contribution in [2.24, 2.45) is 0 Å². The van der Waals surface area contributed by atoms with Crippen LogP contribution in [0.25, 0.3) is 0 Å². The average molecular weight is 1640 g/mol. The van der Waals surface area contributed by atoms with E-state index in [1.54, 1.807) is 0 Å². The minimum absolute atomic E-state index is 0.00306. The van der Waals surface area contributed by atoms with Crippen molar-refractivity contribution < 1.29 is 80.2 Å². The van der Waals surface area contributed by atoms with Crippen LogP contribution in [0, 0.1) is 0 Å². The zero-order valence-electron chi connectivity index (χ0n) is 70.5. The number of rotatable bonds is 75. The molecule has 5 atom stereocenters. The summed E-state index contributed by atoms with van der Waals surface area (Å²) in [7, 11) is -10.1. The van der Waals surface area contributed by atoms with Gasteiger partial charge in [-0.15, -0.1) is 0 Å². The van der Waals surface area contributed by atoms with Crippen LogP contribution < -0.4 is 0 Å². The summed E-state index contributed by atoms with van der Waals surface area (Å²) in [5.41, 5.74) is 0. The second-order valence-corrected chi connectivity index (χ2v) is 29.5. The van der Waals surface area contributed by atoms with E-state index in [1.807, 2.05) is 72.9 Å². The summed E-state index contributed by atoms with van der Waals surface area (Å²) in [6, 6.07) is 0. The van der Waals surface area contributed by atoms with E-state index >= 15 is 0 Å². The number of ether oxygens (including phenoxy) is 4. The second kappa shape index (κ2) is 85.0. The molecule has 19 heteroatoms. The summed E-state index contributed by atoms with van der Waals surface area (Å²) < 4.78 is 68.4. The third-order valence-corrected chi connectivity index (χ3v) is 17.8. The Bertz CT molecular complexity index is 3310. The topological polar surface area (TPSA) is 237 Å². The van der Waals surface area contributed by atoms with Gasteiger partial charge in [0.15, 0.2) is 12.2 Å². The Hall–Kier alpha value is -7.92. The van der Waals surface area contributed by atoms with Gasteiger partial charge in [0.1, 0.15) is 19.3 Å². The van der Waals surface area contributed by atoms with Crippen molar-refractivity contribution in [2.45, 2.75) is 264 Å². The molecule has 0 fully saturated rings. The number of aliphatic hydroxyl groups is 1. The van der Waals surface area contributed by atoms with Gasteiger partial charge in [-0.2, -0.15) is 0 Å². The number of allylic oxidation sites excluding steroid dienone is 46. The van der Waals surface area contributed by atoms with Crippen molar-refractivity contribution in [1.82, 2.24) is 0 Å². The zero-order chi connectivity index (χ0) is 84.5. The Labute approximate surface area is 699 Å². The van der Waals surface area contributed by atoms with Crippen molar-refractivity contribution in [3.8, 4) is 0 Å². The maximum atomic E-state index is 13.1. The van der Waals surface area contributed by atoms with Gasteiger partial charge < -0.3 is 33.8 Å². The number of unbranched alkanes of at least 4 members (excludes halogenated alkanes) is 3. The Morgan fingerprint density at radius 3 is 0.655 bits per heavy atom. The van der Waals surface area contributed by atoms with Crippen LogP contribution >= 0.6 is 15.6 Å². The molecule has 0 aliphatic rings. The van der Waals surface area contributed by atoms with Crippen LogP contribution in [-0.4, -0.2) is 96.7 Å². The first-order valence-corrected chi connectivity index (χ1v) is 45.2. The molecule has 0 saturated carbocycles. The predicted octanol–water partition coefficient (Wildman–Crippen LogP) is 25.7. The van der Waals surface area contributed by atoms with Crippen molar-refractivity contribution in [3.05, 3.63) is 279 Å². The van der Waals surface area contributed by atoms with Crippen LogP contribution in [0.3, 0.4) is 0 Å². The van der Waals surface area contributed by atoms with E-state index in [9.17, 15) is 43.2 Å². The van der Waals surface area contributed by atoms with Crippen LogP contribution in [0.5, 0.6) is 0 Å². The van der Waals surface area contributed by atoms with Crippen LogP contribution in [0.1, 0.15) is 246 Å². The molecule has 0 spiro atoms. The summed E-state index contributed by atoms with van der Waals surface area (Å²) in [4.78, 5) is 73.2. The Balaban J connectivity index is 5.71. The van der Waals surface area contributed by atoms with Crippen LogP contribution in [0.4, 0.5) is 0 Å². The number of phosphoric ester groups is 2. The highest BCUT2D eigenvalue weighted by Gasteiger charge is 2.30. The second-order valence-electron chi connectivity index (χ2n) is 26.6. The highest BCUT2D eigenvalue weighted by Crippen LogP contribution is 2.45. The van der Waals surface area contributed by atoms with Gasteiger partial charge in [-0.1, -0.05) is 320 Å². The van der Waals surface area contributed by atoms with Gasteiger partial charge in [-0.05, 0) is 180 Å². The summed E-state index contributed by atoms with van der Waals surface area (Å²) in [5.74, 6) is -2.61.